The van der Waals surface area contributed by atoms with Gasteiger partial charge in [-0.05, 0) is 19.5 Å². The van der Waals surface area contributed by atoms with Crippen molar-refractivity contribution in [2.24, 2.45) is 0 Å². The molecule has 2 heteroatoms. The zero-order valence-corrected chi connectivity index (χ0v) is 9.66. The summed E-state index contributed by atoms with van der Waals surface area (Å²) < 4.78 is 0. The third-order valence-electron chi connectivity index (χ3n) is 3.14. The predicted molar refractivity (Wildman–Crippen MR) is 64.3 cm³/mol. The molecule has 1 atom stereocenters. The lowest BCUT2D eigenvalue weighted by Crippen LogP contribution is -2.24. The number of hydrogen-bond acceptors (Lipinski definition) is 2. The van der Waals surface area contributed by atoms with Crippen LogP contribution in [-0.4, -0.2) is 38.1 Å². The molecule has 1 N–H and O–H groups in total. The van der Waals surface area contributed by atoms with Gasteiger partial charge in [0.05, 0.1) is 0 Å². The lowest BCUT2D eigenvalue weighted by atomic mass is 9.98. The summed E-state index contributed by atoms with van der Waals surface area (Å²) >= 11 is 0. The van der Waals surface area contributed by atoms with E-state index >= 15 is 0 Å². The van der Waals surface area contributed by atoms with Crippen molar-refractivity contribution >= 4 is 0 Å². The first-order chi connectivity index (χ1) is 7.25. The van der Waals surface area contributed by atoms with Gasteiger partial charge in [-0.3, -0.25) is 0 Å². The summed E-state index contributed by atoms with van der Waals surface area (Å²) in [6.07, 6.45) is 0. The van der Waals surface area contributed by atoms with E-state index in [0.717, 1.165) is 26.2 Å². The maximum absolute atomic E-state index is 3.50. The average molecular weight is 204 g/mol. The largest absolute Gasteiger partial charge is 0.315 e. The highest BCUT2D eigenvalue weighted by atomic mass is 15.1. The lowest BCUT2D eigenvalue weighted by Gasteiger charge is -2.19. The number of aryl methyl sites for hydroxylation is 1. The monoisotopic (exact) mass is 204 g/mol. The fraction of sp³-hybridized carbons (Fsp3) is 0.538. The Labute approximate surface area is 92.3 Å². The van der Waals surface area contributed by atoms with Crippen molar-refractivity contribution in [1.29, 1.82) is 0 Å². The van der Waals surface area contributed by atoms with Gasteiger partial charge >= 0.3 is 0 Å². The molecule has 0 saturated carbocycles. The van der Waals surface area contributed by atoms with E-state index in [-0.39, 0.29) is 0 Å². The molecule has 1 saturated heterocycles. The third kappa shape index (κ3) is 2.80. The molecule has 0 aromatic heterocycles. The summed E-state index contributed by atoms with van der Waals surface area (Å²) in [6, 6.07) is 8.95. The molecule has 2 rings (SSSR count). The third-order valence-corrected chi connectivity index (χ3v) is 3.14. The van der Waals surface area contributed by atoms with Gasteiger partial charge in [-0.15, -0.1) is 0 Å². The first kappa shape index (κ1) is 10.7. The number of nitrogens with one attached hydrogen (secondary N) is 1. The lowest BCUT2D eigenvalue weighted by molar-refractivity contribution is 0.342. The van der Waals surface area contributed by atoms with E-state index in [1.54, 1.807) is 0 Å². The van der Waals surface area contributed by atoms with Crippen LogP contribution >= 0.6 is 0 Å². The van der Waals surface area contributed by atoms with E-state index in [2.05, 4.69) is 48.5 Å². The van der Waals surface area contributed by atoms with Crippen molar-refractivity contribution in [2.75, 3.05) is 33.2 Å². The van der Waals surface area contributed by atoms with E-state index in [9.17, 15) is 0 Å². The molecule has 0 amide bonds. The van der Waals surface area contributed by atoms with Gasteiger partial charge in [-0.2, -0.15) is 0 Å². The number of hydrogen-bond donors (Lipinski definition) is 1. The second kappa shape index (κ2) is 4.77. The number of rotatable bonds is 1. The molecule has 1 aliphatic heterocycles. The molecule has 0 bridgehead atoms. The Morgan fingerprint density at radius 3 is 2.73 bits per heavy atom. The Morgan fingerprint density at radius 2 is 2.00 bits per heavy atom. The fourth-order valence-corrected chi connectivity index (χ4v) is 2.14. The number of likely N-dealkylation sites (N-methyl/N-ethyl adjacent to an activating group) is 1. The van der Waals surface area contributed by atoms with E-state index in [0.29, 0.717) is 5.92 Å². The zero-order valence-electron chi connectivity index (χ0n) is 9.66. The van der Waals surface area contributed by atoms with Crippen molar-refractivity contribution in [3.63, 3.8) is 0 Å². The molecule has 0 spiro atoms. The standard InChI is InChI=1S/C13H20N2/c1-11-3-5-12(6-4-11)13-9-14-7-8-15(2)10-13/h3-6,13-14H,7-10H2,1-2H3. The fourth-order valence-electron chi connectivity index (χ4n) is 2.14. The highest BCUT2D eigenvalue weighted by Crippen LogP contribution is 2.17. The van der Waals surface area contributed by atoms with Crippen LogP contribution in [0.5, 0.6) is 0 Å². The molecule has 15 heavy (non-hydrogen) atoms. The smallest absolute Gasteiger partial charge is 0.0104 e. The highest BCUT2D eigenvalue weighted by Gasteiger charge is 2.16. The Morgan fingerprint density at radius 1 is 1.27 bits per heavy atom. The molecule has 1 aliphatic rings. The second-order valence-corrected chi connectivity index (χ2v) is 4.57. The molecule has 0 radical (unpaired) electrons. The molecular formula is C13H20N2. The molecule has 1 aromatic rings. The van der Waals surface area contributed by atoms with Gasteiger partial charge < -0.3 is 10.2 Å². The summed E-state index contributed by atoms with van der Waals surface area (Å²) in [5.74, 6) is 0.637. The van der Waals surface area contributed by atoms with Crippen molar-refractivity contribution in [2.45, 2.75) is 12.8 Å². The van der Waals surface area contributed by atoms with Crippen molar-refractivity contribution in [1.82, 2.24) is 10.2 Å². The van der Waals surface area contributed by atoms with Crippen LogP contribution in [0.4, 0.5) is 0 Å². The van der Waals surface area contributed by atoms with Crippen molar-refractivity contribution < 1.29 is 0 Å². The minimum atomic E-state index is 0.637. The Kier molecular flexibility index (Phi) is 3.39. The van der Waals surface area contributed by atoms with E-state index in [1.807, 2.05) is 0 Å². The Bertz CT molecular complexity index is 305. The minimum absolute atomic E-state index is 0.637. The molecule has 1 heterocycles. The molecule has 82 valence electrons. The summed E-state index contributed by atoms with van der Waals surface area (Å²) in [7, 11) is 2.20. The first-order valence-corrected chi connectivity index (χ1v) is 5.71. The van der Waals surface area contributed by atoms with Gasteiger partial charge in [0.25, 0.3) is 0 Å². The van der Waals surface area contributed by atoms with E-state index in [4.69, 9.17) is 0 Å². The molecule has 1 aromatic carbocycles. The number of benzene rings is 1. The van der Waals surface area contributed by atoms with Crippen LogP contribution in [0.3, 0.4) is 0 Å². The summed E-state index contributed by atoms with van der Waals surface area (Å²) in [4.78, 5) is 2.41. The van der Waals surface area contributed by atoms with Gasteiger partial charge in [-0.25, -0.2) is 0 Å². The topological polar surface area (TPSA) is 15.3 Å². The van der Waals surface area contributed by atoms with E-state index < -0.39 is 0 Å². The maximum Gasteiger partial charge on any atom is 0.0104 e. The normalized spacial score (nSPS) is 23.7. The summed E-state index contributed by atoms with van der Waals surface area (Å²) in [5.41, 5.74) is 2.80. The zero-order chi connectivity index (χ0) is 10.7. The second-order valence-electron chi connectivity index (χ2n) is 4.57. The maximum atomic E-state index is 3.50. The van der Waals surface area contributed by atoms with Crippen molar-refractivity contribution in [3.05, 3.63) is 35.4 Å². The van der Waals surface area contributed by atoms with Crippen LogP contribution < -0.4 is 5.32 Å². The first-order valence-electron chi connectivity index (χ1n) is 5.71. The van der Waals surface area contributed by atoms with Crippen LogP contribution in [0.25, 0.3) is 0 Å². The predicted octanol–water partition coefficient (Wildman–Crippen LogP) is 1.61. The average Bonchev–Trinajstić information content (AvgIpc) is 2.44. The summed E-state index contributed by atoms with van der Waals surface area (Å²) in [6.45, 7) is 6.67. The molecule has 1 unspecified atom stereocenters. The van der Waals surface area contributed by atoms with Crippen LogP contribution in [0, 0.1) is 6.92 Å². The van der Waals surface area contributed by atoms with Gasteiger partial charge in [0.15, 0.2) is 0 Å². The van der Waals surface area contributed by atoms with Crippen LogP contribution in [0.15, 0.2) is 24.3 Å². The van der Waals surface area contributed by atoms with Crippen LogP contribution in [-0.2, 0) is 0 Å². The molecule has 1 fully saturated rings. The van der Waals surface area contributed by atoms with E-state index in [1.165, 1.54) is 11.1 Å². The molecule has 2 nitrogen and oxygen atoms in total. The Balaban J connectivity index is 2.11. The SMILES string of the molecule is Cc1ccc(C2CNCCN(C)C2)cc1. The minimum Gasteiger partial charge on any atom is -0.315 e. The van der Waals surface area contributed by atoms with Crippen LogP contribution in [0.1, 0.15) is 17.0 Å². The molecular weight excluding hydrogens is 184 g/mol. The van der Waals surface area contributed by atoms with Gasteiger partial charge in [0, 0.05) is 32.1 Å². The number of nitrogens with zero attached hydrogens (tertiary/aromatic N) is 1. The van der Waals surface area contributed by atoms with Gasteiger partial charge in [-0.1, -0.05) is 29.8 Å². The summed E-state index contributed by atoms with van der Waals surface area (Å²) in [5, 5.41) is 3.50. The molecule has 0 aliphatic carbocycles. The quantitative estimate of drug-likeness (QED) is 0.747. The highest BCUT2D eigenvalue weighted by molar-refractivity contribution is 5.25. The van der Waals surface area contributed by atoms with Crippen LogP contribution in [0.2, 0.25) is 0 Å². The van der Waals surface area contributed by atoms with Gasteiger partial charge in [0.1, 0.15) is 0 Å². The Hall–Kier alpha value is -0.860. The van der Waals surface area contributed by atoms with Gasteiger partial charge in [0.2, 0.25) is 0 Å². The van der Waals surface area contributed by atoms with Crippen molar-refractivity contribution in [3.8, 4) is 0 Å².